The number of nitrogens with zero attached hydrogens (tertiary/aromatic N) is 3. The molecule has 0 atom stereocenters. The topological polar surface area (TPSA) is 43.2 Å². The van der Waals surface area contributed by atoms with Gasteiger partial charge in [0.2, 0.25) is 0 Å². The maximum Gasteiger partial charge on any atom is 0.147 e. The van der Waals surface area contributed by atoms with Crippen LogP contribution in [0.15, 0.2) is 36.4 Å². The van der Waals surface area contributed by atoms with Gasteiger partial charge in [0.25, 0.3) is 0 Å². The van der Waals surface area contributed by atoms with Crippen molar-refractivity contribution in [3.05, 3.63) is 42.0 Å². The summed E-state index contributed by atoms with van der Waals surface area (Å²) in [5.41, 5.74) is 3.53. The Bertz CT molecular complexity index is 1050. The number of phenolic OH excluding ortho intramolecular Hbond substituents is 1. The van der Waals surface area contributed by atoms with E-state index in [0.717, 1.165) is 16.6 Å². The molecule has 0 aliphatic carbocycles. The van der Waals surface area contributed by atoms with Crippen LogP contribution in [-0.4, -0.2) is 19.2 Å². The third-order valence-electron chi connectivity index (χ3n) is 4.18. The average molecular weight is 321 g/mol. The average Bonchev–Trinajstić information content (AvgIpc) is 3.19. The number of ether oxygens (including phenoxy) is 1. The van der Waals surface area contributed by atoms with E-state index in [0.29, 0.717) is 11.4 Å². The maximum atomic E-state index is 10.8. The van der Waals surface area contributed by atoms with Crippen molar-refractivity contribution >= 4 is 11.0 Å². The Morgan fingerprint density at radius 3 is 2.21 bits per heavy atom. The van der Waals surface area contributed by atoms with Crippen LogP contribution in [0, 0.1) is 12.0 Å². The number of hydrogen-bond donors (Lipinski definition) is 1. The Morgan fingerprint density at radius 1 is 1.04 bits per heavy atom. The molecule has 0 radical (unpaired) electrons. The predicted octanol–water partition coefficient (Wildman–Crippen LogP) is 3.78. The summed E-state index contributed by atoms with van der Waals surface area (Å²) in [6, 6.07) is 11.8. The van der Waals surface area contributed by atoms with Crippen LogP contribution in [0.25, 0.3) is 16.7 Å². The second-order valence-corrected chi connectivity index (χ2v) is 6.90. The lowest BCUT2D eigenvalue weighted by atomic mass is 9.86. The number of para-hydroxylation sites is 2. The van der Waals surface area contributed by atoms with E-state index in [1.165, 1.54) is 0 Å². The van der Waals surface area contributed by atoms with Gasteiger partial charge in [0.15, 0.2) is 0 Å². The fourth-order valence-electron chi connectivity index (χ4n) is 2.98. The van der Waals surface area contributed by atoms with Gasteiger partial charge in [-0.05, 0) is 23.6 Å². The van der Waals surface area contributed by atoms with Gasteiger partial charge in [0.1, 0.15) is 34.3 Å². The number of aromatic hydroxyl groups is 1. The van der Waals surface area contributed by atoms with Gasteiger partial charge >= 0.3 is 0 Å². The molecule has 24 heavy (non-hydrogen) atoms. The highest BCUT2D eigenvalue weighted by molar-refractivity contribution is 5.79. The lowest BCUT2D eigenvalue weighted by Gasteiger charge is -2.21. The molecule has 0 amide bonds. The normalized spacial score (nSPS) is 12.0. The molecule has 0 aliphatic rings. The Morgan fingerprint density at radius 2 is 1.67 bits per heavy atom. The molecule has 4 rings (SSSR count). The summed E-state index contributed by atoms with van der Waals surface area (Å²) < 4.78 is 9.51. The van der Waals surface area contributed by atoms with Gasteiger partial charge in [-0.25, -0.2) is 0 Å². The molecule has 122 valence electrons. The minimum absolute atomic E-state index is 0.218. The summed E-state index contributed by atoms with van der Waals surface area (Å²) in [6.07, 6.45) is 2.63. The fourth-order valence-corrected chi connectivity index (χ4v) is 2.98. The smallest absolute Gasteiger partial charge is 0.147 e. The van der Waals surface area contributed by atoms with Crippen molar-refractivity contribution in [3.8, 4) is 29.2 Å². The summed E-state index contributed by atoms with van der Waals surface area (Å²) in [5.74, 6) is 3.62. The van der Waals surface area contributed by atoms with Gasteiger partial charge in [-0.15, -0.1) is 14.1 Å². The van der Waals surface area contributed by atoms with Crippen LogP contribution in [-0.2, 0) is 5.41 Å². The zero-order valence-electron chi connectivity index (χ0n) is 14.2. The number of rotatable bonds is 2. The van der Waals surface area contributed by atoms with Crippen molar-refractivity contribution in [1.29, 1.82) is 0 Å². The van der Waals surface area contributed by atoms with E-state index in [1.54, 1.807) is 6.92 Å². The van der Waals surface area contributed by atoms with Crippen LogP contribution in [0.1, 0.15) is 33.3 Å². The van der Waals surface area contributed by atoms with E-state index < -0.39 is 0 Å². The number of aromatic nitrogens is 3. The number of benzene rings is 2. The number of hydrogen-bond acceptors (Lipinski definition) is 2. The Labute approximate surface area is 139 Å². The van der Waals surface area contributed by atoms with Crippen LogP contribution in [0.3, 0.4) is 0 Å². The first-order valence-corrected chi connectivity index (χ1v) is 7.88. The van der Waals surface area contributed by atoms with Crippen LogP contribution in [0.4, 0.5) is 0 Å². The highest BCUT2D eigenvalue weighted by Crippen LogP contribution is 2.40. The third kappa shape index (κ3) is 1.96. The molecule has 2 heterocycles. The molecular weight excluding hydrogens is 302 g/mol. The summed E-state index contributed by atoms with van der Waals surface area (Å²) in [6.45, 7) is 7.92. The molecule has 2 aromatic heterocycles. The molecule has 1 N–H and O–H groups in total. The summed E-state index contributed by atoms with van der Waals surface area (Å²) in [7, 11) is 0. The Kier molecular flexibility index (Phi) is 2.88. The van der Waals surface area contributed by atoms with Crippen molar-refractivity contribution in [2.45, 2.75) is 33.1 Å². The summed E-state index contributed by atoms with van der Waals surface area (Å²) in [5, 5.41) is 10.8. The van der Waals surface area contributed by atoms with Gasteiger partial charge in [-0.1, -0.05) is 38.8 Å². The molecule has 0 unspecified atom stereocenters. The van der Waals surface area contributed by atoms with Crippen molar-refractivity contribution in [2.75, 3.05) is 0 Å². The molecule has 5 heteroatoms. The van der Waals surface area contributed by atoms with Crippen LogP contribution in [0.5, 0.6) is 11.5 Å². The zero-order valence-corrected chi connectivity index (χ0v) is 14.2. The van der Waals surface area contributed by atoms with E-state index in [1.807, 2.05) is 38.3 Å². The highest BCUT2D eigenvalue weighted by Gasteiger charge is 2.29. The quantitative estimate of drug-likeness (QED) is 0.571. The number of phenols is 1. The second kappa shape index (κ2) is 4.75. The minimum Gasteiger partial charge on any atom is -0.505 e. The molecular formula is C19H19N3O2. The number of fused-ring (bicyclic) bond motifs is 4. The van der Waals surface area contributed by atoms with Crippen LogP contribution >= 0.6 is 0 Å². The zero-order chi connectivity index (χ0) is 17.1. The first-order valence-electron chi connectivity index (χ1n) is 7.88. The molecule has 0 spiro atoms. The third-order valence-corrected chi connectivity index (χ3v) is 4.18. The summed E-state index contributed by atoms with van der Waals surface area (Å²) >= 11 is 0. The van der Waals surface area contributed by atoms with Crippen molar-refractivity contribution in [1.82, 2.24) is 14.1 Å². The Balaban J connectivity index is 1.92. The van der Waals surface area contributed by atoms with Gasteiger partial charge in [0.05, 0.1) is 0 Å². The molecule has 5 nitrogen and oxygen atoms in total. The highest BCUT2D eigenvalue weighted by atomic mass is 16.5. The minimum atomic E-state index is -0.218. The van der Waals surface area contributed by atoms with Gasteiger partial charge in [0, 0.05) is 18.6 Å². The molecule has 4 aromatic rings. The Hall–Kier alpha value is -3.00. The molecule has 0 fully saturated rings. The lowest BCUT2D eigenvalue weighted by Crippen LogP contribution is -2.12. The van der Waals surface area contributed by atoms with Crippen molar-refractivity contribution < 1.29 is 9.84 Å². The first kappa shape index (κ1) is 14.6. The SMILES string of the molecule is CC#COc1cc(-n2n3c4ccccc4n23)c(O)c(C(C)(C)C)c1. The van der Waals surface area contributed by atoms with Gasteiger partial charge in [-0.2, -0.15) is 0 Å². The molecule has 2 aromatic carbocycles. The molecule has 0 aliphatic heterocycles. The monoisotopic (exact) mass is 321 g/mol. The predicted molar refractivity (Wildman–Crippen MR) is 93.3 cm³/mol. The largest absolute Gasteiger partial charge is 0.505 e. The van der Waals surface area contributed by atoms with Gasteiger partial charge in [-0.3, -0.25) is 0 Å². The summed E-state index contributed by atoms with van der Waals surface area (Å²) in [4.78, 5) is 1.93. The van der Waals surface area contributed by atoms with Gasteiger partial charge < -0.3 is 9.84 Å². The van der Waals surface area contributed by atoms with E-state index >= 15 is 0 Å². The fraction of sp³-hybridized carbons (Fsp3) is 0.263. The van der Waals surface area contributed by atoms with E-state index in [2.05, 4.69) is 44.9 Å². The van der Waals surface area contributed by atoms with E-state index in [-0.39, 0.29) is 11.2 Å². The second-order valence-electron chi connectivity index (χ2n) is 6.90. The van der Waals surface area contributed by atoms with Crippen molar-refractivity contribution in [3.63, 3.8) is 0 Å². The molecule has 0 saturated carbocycles. The van der Waals surface area contributed by atoms with E-state index in [9.17, 15) is 5.11 Å². The van der Waals surface area contributed by atoms with E-state index in [4.69, 9.17) is 4.74 Å². The first-order chi connectivity index (χ1) is 11.4. The molecule has 0 saturated heterocycles. The maximum absolute atomic E-state index is 10.8. The van der Waals surface area contributed by atoms with Crippen molar-refractivity contribution in [2.24, 2.45) is 0 Å². The standard InChI is InChI=1S/C19H19N3O2/c1-5-10-24-13-11-14(19(2,3)4)18(23)17(12-13)22-20-15-8-6-7-9-16(15)21(20)22/h6-9,11-12,23H,1-4H3. The van der Waals surface area contributed by atoms with Crippen LogP contribution < -0.4 is 4.74 Å². The lowest BCUT2D eigenvalue weighted by molar-refractivity contribution is 0.438. The molecule has 0 bridgehead atoms. The van der Waals surface area contributed by atoms with Crippen LogP contribution in [0.2, 0.25) is 0 Å².